The van der Waals surface area contributed by atoms with Crippen LogP contribution in [-0.4, -0.2) is 44.4 Å². The zero-order chi connectivity index (χ0) is 12.1. The number of thioether (sulfide) groups is 1. The highest BCUT2D eigenvalue weighted by molar-refractivity contribution is 7.99. The lowest BCUT2D eigenvalue weighted by atomic mass is 10.4. The molecule has 0 saturated heterocycles. The van der Waals surface area contributed by atoms with Crippen LogP contribution in [0.25, 0.3) is 0 Å². The van der Waals surface area contributed by atoms with Gasteiger partial charge in [0.25, 0.3) is 0 Å². The number of rotatable bonds is 6. The lowest BCUT2D eigenvalue weighted by Crippen LogP contribution is -2.20. The smallest absolute Gasteiger partial charge is 0.191 e. The predicted octanol–water partition coefficient (Wildman–Crippen LogP) is 1.00. The molecule has 1 rings (SSSR count). The summed E-state index contributed by atoms with van der Waals surface area (Å²) in [6.07, 6.45) is -0.318. The van der Waals surface area contributed by atoms with E-state index < -0.39 is 6.10 Å². The normalized spacial score (nSPS) is 13.4. The van der Waals surface area contributed by atoms with Gasteiger partial charge < -0.3 is 14.4 Å². The van der Waals surface area contributed by atoms with Crippen LogP contribution in [0.5, 0.6) is 0 Å². The average molecular weight is 245 g/mol. The molecule has 0 aromatic carbocycles. The summed E-state index contributed by atoms with van der Waals surface area (Å²) in [5.41, 5.74) is 0. The van der Waals surface area contributed by atoms with Crippen molar-refractivity contribution in [2.75, 3.05) is 12.4 Å². The van der Waals surface area contributed by atoms with Crippen LogP contribution >= 0.6 is 11.8 Å². The Hall–Kier alpha value is -0.590. The van der Waals surface area contributed by atoms with E-state index in [1.54, 1.807) is 0 Å². The van der Waals surface area contributed by atoms with Crippen LogP contribution in [0.1, 0.15) is 19.7 Å². The fraction of sp³-hybridized carbons (Fsp3) is 0.800. The molecule has 0 spiro atoms. The Kier molecular flexibility index (Phi) is 5.24. The van der Waals surface area contributed by atoms with Crippen molar-refractivity contribution in [1.29, 1.82) is 0 Å². The Morgan fingerprint density at radius 3 is 2.62 bits per heavy atom. The van der Waals surface area contributed by atoms with Crippen LogP contribution in [0.2, 0.25) is 0 Å². The zero-order valence-corrected chi connectivity index (χ0v) is 11.0. The Bertz CT molecular complexity index is 328. The minimum Gasteiger partial charge on any atom is -0.390 e. The summed E-state index contributed by atoms with van der Waals surface area (Å²) in [6, 6.07) is 0. The molecule has 0 amide bonds. The highest BCUT2D eigenvalue weighted by atomic mass is 32.2. The molecule has 5 nitrogen and oxygen atoms in total. The van der Waals surface area contributed by atoms with E-state index in [0.29, 0.717) is 12.4 Å². The lowest BCUT2D eigenvalue weighted by molar-refractivity contribution is 0.0152. The molecule has 0 saturated carbocycles. The van der Waals surface area contributed by atoms with Gasteiger partial charge in [0.1, 0.15) is 5.82 Å². The summed E-state index contributed by atoms with van der Waals surface area (Å²) in [5.74, 6) is 1.44. The van der Waals surface area contributed by atoms with Gasteiger partial charge in [-0.1, -0.05) is 11.8 Å². The molecule has 0 radical (unpaired) electrons. The predicted molar refractivity (Wildman–Crippen MR) is 63.6 cm³/mol. The van der Waals surface area contributed by atoms with Crippen molar-refractivity contribution in [3.63, 3.8) is 0 Å². The summed E-state index contributed by atoms with van der Waals surface area (Å²) >= 11 is 1.49. The van der Waals surface area contributed by atoms with Crippen molar-refractivity contribution < 1.29 is 9.84 Å². The summed E-state index contributed by atoms with van der Waals surface area (Å²) < 4.78 is 7.22. The van der Waals surface area contributed by atoms with Gasteiger partial charge in [0.05, 0.1) is 18.8 Å². The molecular formula is C10H19N3O2S. The van der Waals surface area contributed by atoms with E-state index in [1.165, 1.54) is 11.8 Å². The molecule has 1 heterocycles. The van der Waals surface area contributed by atoms with E-state index in [9.17, 15) is 5.11 Å². The maximum Gasteiger partial charge on any atom is 0.191 e. The van der Waals surface area contributed by atoms with Crippen LogP contribution in [0.3, 0.4) is 0 Å². The molecule has 1 aromatic heterocycles. The molecule has 16 heavy (non-hydrogen) atoms. The van der Waals surface area contributed by atoms with Crippen molar-refractivity contribution in [1.82, 2.24) is 14.8 Å². The quantitative estimate of drug-likeness (QED) is 0.758. The van der Waals surface area contributed by atoms with Gasteiger partial charge in [0, 0.05) is 12.8 Å². The first-order valence-corrected chi connectivity index (χ1v) is 6.27. The van der Waals surface area contributed by atoms with Gasteiger partial charge in [-0.25, -0.2) is 0 Å². The molecule has 0 aliphatic carbocycles. The standard InChI is InChI=1S/C10H19N3O2S/c1-7(2)15-5-9(14)6-16-10-12-11-8(3)13(10)4/h7,9,14H,5-6H2,1-4H3. The van der Waals surface area contributed by atoms with Crippen LogP contribution < -0.4 is 0 Å². The van der Waals surface area contributed by atoms with Gasteiger partial charge in [0.2, 0.25) is 0 Å². The van der Waals surface area contributed by atoms with Gasteiger partial charge in [0.15, 0.2) is 5.16 Å². The lowest BCUT2D eigenvalue weighted by Gasteiger charge is -2.12. The van der Waals surface area contributed by atoms with E-state index in [0.717, 1.165) is 11.0 Å². The van der Waals surface area contributed by atoms with E-state index in [1.807, 2.05) is 32.4 Å². The monoisotopic (exact) mass is 245 g/mol. The highest BCUT2D eigenvalue weighted by Gasteiger charge is 2.10. The van der Waals surface area contributed by atoms with Crippen LogP contribution in [0, 0.1) is 6.92 Å². The second-order valence-corrected chi connectivity index (χ2v) is 4.92. The van der Waals surface area contributed by atoms with E-state index in [2.05, 4.69) is 10.2 Å². The van der Waals surface area contributed by atoms with Crippen molar-refractivity contribution in [2.45, 2.75) is 38.1 Å². The number of aliphatic hydroxyl groups is 1. The number of aliphatic hydroxyl groups excluding tert-OH is 1. The first kappa shape index (κ1) is 13.5. The Labute approximate surface area is 100 Å². The van der Waals surface area contributed by atoms with Crippen LogP contribution in [-0.2, 0) is 11.8 Å². The summed E-state index contributed by atoms with van der Waals surface area (Å²) in [6.45, 7) is 6.16. The van der Waals surface area contributed by atoms with E-state index in [-0.39, 0.29) is 6.10 Å². The van der Waals surface area contributed by atoms with Gasteiger partial charge in [-0.15, -0.1) is 10.2 Å². The molecule has 0 aliphatic heterocycles. The van der Waals surface area contributed by atoms with Gasteiger partial charge in [-0.2, -0.15) is 0 Å². The number of hydrogen-bond donors (Lipinski definition) is 1. The third-order valence-corrected chi connectivity index (χ3v) is 3.24. The highest BCUT2D eigenvalue weighted by Crippen LogP contribution is 2.16. The third kappa shape index (κ3) is 4.11. The molecule has 1 unspecified atom stereocenters. The number of aromatic nitrogens is 3. The molecule has 1 aromatic rings. The second kappa shape index (κ2) is 6.22. The molecule has 6 heteroatoms. The second-order valence-electron chi connectivity index (χ2n) is 3.94. The maximum absolute atomic E-state index is 9.65. The minimum absolute atomic E-state index is 0.150. The Morgan fingerprint density at radius 1 is 1.44 bits per heavy atom. The summed E-state index contributed by atoms with van der Waals surface area (Å²) in [5, 5.41) is 18.4. The molecule has 0 bridgehead atoms. The fourth-order valence-corrected chi connectivity index (χ4v) is 1.90. The number of aryl methyl sites for hydroxylation is 1. The molecule has 92 valence electrons. The molecule has 1 atom stereocenters. The molecule has 0 aliphatic rings. The van der Waals surface area contributed by atoms with Crippen molar-refractivity contribution in [3.05, 3.63) is 5.82 Å². The Balaban J connectivity index is 2.31. The van der Waals surface area contributed by atoms with Crippen molar-refractivity contribution in [3.8, 4) is 0 Å². The summed E-state index contributed by atoms with van der Waals surface area (Å²) in [4.78, 5) is 0. The SMILES string of the molecule is Cc1nnc(SCC(O)COC(C)C)n1C. The number of ether oxygens (including phenoxy) is 1. The Morgan fingerprint density at radius 2 is 2.12 bits per heavy atom. The number of nitrogens with zero attached hydrogens (tertiary/aromatic N) is 3. The van der Waals surface area contributed by atoms with E-state index >= 15 is 0 Å². The molecular weight excluding hydrogens is 226 g/mol. The number of hydrogen-bond acceptors (Lipinski definition) is 5. The van der Waals surface area contributed by atoms with Gasteiger partial charge >= 0.3 is 0 Å². The third-order valence-electron chi connectivity index (χ3n) is 2.08. The minimum atomic E-state index is -0.468. The van der Waals surface area contributed by atoms with Crippen LogP contribution in [0.15, 0.2) is 5.16 Å². The van der Waals surface area contributed by atoms with Crippen molar-refractivity contribution in [2.24, 2.45) is 7.05 Å². The molecule has 0 fully saturated rings. The summed E-state index contributed by atoms with van der Waals surface area (Å²) in [7, 11) is 1.91. The fourth-order valence-electron chi connectivity index (χ4n) is 1.04. The largest absolute Gasteiger partial charge is 0.390 e. The van der Waals surface area contributed by atoms with Gasteiger partial charge in [-0.3, -0.25) is 0 Å². The first-order valence-electron chi connectivity index (χ1n) is 5.29. The van der Waals surface area contributed by atoms with Crippen LogP contribution in [0.4, 0.5) is 0 Å². The first-order chi connectivity index (χ1) is 7.50. The maximum atomic E-state index is 9.65. The van der Waals surface area contributed by atoms with Crippen molar-refractivity contribution >= 4 is 11.8 Å². The topological polar surface area (TPSA) is 60.2 Å². The average Bonchev–Trinajstić information content (AvgIpc) is 2.54. The van der Waals surface area contributed by atoms with Gasteiger partial charge in [-0.05, 0) is 20.8 Å². The molecule has 1 N–H and O–H groups in total. The van der Waals surface area contributed by atoms with E-state index in [4.69, 9.17) is 4.74 Å². The zero-order valence-electron chi connectivity index (χ0n) is 10.2.